The fourth-order valence-electron chi connectivity index (χ4n) is 3.20. The highest BCUT2D eigenvalue weighted by atomic mass is 16.6. The summed E-state index contributed by atoms with van der Waals surface area (Å²) < 4.78 is 0. The summed E-state index contributed by atoms with van der Waals surface area (Å²) >= 11 is 0. The minimum atomic E-state index is -0.404. The Bertz CT molecular complexity index is 792. The molecule has 1 aliphatic rings. The maximum absolute atomic E-state index is 12.5. The van der Waals surface area contributed by atoms with Gasteiger partial charge in [0.1, 0.15) is 0 Å². The SMILES string of the molecule is Cc1cc(C)cc(NC(=O)N2CCN(c3ccc([N+](=O)[O-])cc3)CC2)c1. The zero-order chi connectivity index (χ0) is 18.7. The van der Waals surface area contributed by atoms with E-state index in [4.69, 9.17) is 0 Å². The second-order valence-electron chi connectivity index (χ2n) is 6.55. The molecule has 1 saturated heterocycles. The first-order chi connectivity index (χ1) is 12.4. The average molecular weight is 354 g/mol. The van der Waals surface area contributed by atoms with E-state index in [1.165, 1.54) is 12.1 Å². The third-order valence-corrected chi connectivity index (χ3v) is 4.47. The van der Waals surface area contributed by atoms with Crippen LogP contribution in [0, 0.1) is 24.0 Å². The molecular formula is C19H22N4O3. The van der Waals surface area contributed by atoms with Crippen molar-refractivity contribution in [1.29, 1.82) is 0 Å². The Morgan fingerprint density at radius 3 is 2.12 bits per heavy atom. The summed E-state index contributed by atoms with van der Waals surface area (Å²) in [4.78, 5) is 26.7. The quantitative estimate of drug-likeness (QED) is 0.675. The molecule has 0 aliphatic carbocycles. The number of benzene rings is 2. The van der Waals surface area contributed by atoms with E-state index in [0.29, 0.717) is 26.2 Å². The highest BCUT2D eigenvalue weighted by Gasteiger charge is 2.21. The van der Waals surface area contributed by atoms with Crippen molar-refractivity contribution in [3.05, 3.63) is 63.7 Å². The van der Waals surface area contributed by atoms with Crippen molar-refractivity contribution in [2.45, 2.75) is 13.8 Å². The maximum Gasteiger partial charge on any atom is 0.321 e. The van der Waals surface area contributed by atoms with Gasteiger partial charge >= 0.3 is 6.03 Å². The van der Waals surface area contributed by atoms with Crippen LogP contribution < -0.4 is 10.2 Å². The van der Waals surface area contributed by atoms with Gasteiger partial charge < -0.3 is 15.1 Å². The second-order valence-corrected chi connectivity index (χ2v) is 6.55. The van der Waals surface area contributed by atoms with E-state index in [0.717, 1.165) is 22.5 Å². The number of carbonyl (C=O) groups excluding carboxylic acids is 1. The molecule has 2 amide bonds. The van der Waals surface area contributed by atoms with Crippen molar-refractivity contribution in [2.24, 2.45) is 0 Å². The molecule has 0 atom stereocenters. The lowest BCUT2D eigenvalue weighted by molar-refractivity contribution is -0.384. The van der Waals surface area contributed by atoms with Gasteiger partial charge in [-0.3, -0.25) is 10.1 Å². The third-order valence-electron chi connectivity index (χ3n) is 4.47. The van der Waals surface area contributed by atoms with Gasteiger partial charge in [0.25, 0.3) is 5.69 Å². The number of aryl methyl sites for hydroxylation is 2. The molecule has 0 radical (unpaired) electrons. The minimum Gasteiger partial charge on any atom is -0.368 e. The molecule has 2 aromatic rings. The normalized spacial score (nSPS) is 14.2. The molecule has 1 heterocycles. The van der Waals surface area contributed by atoms with Crippen LogP contribution in [0.2, 0.25) is 0 Å². The zero-order valence-corrected chi connectivity index (χ0v) is 14.9. The van der Waals surface area contributed by atoms with Crippen LogP contribution in [0.1, 0.15) is 11.1 Å². The predicted molar refractivity (Wildman–Crippen MR) is 102 cm³/mol. The number of nitro benzene ring substituents is 1. The summed E-state index contributed by atoms with van der Waals surface area (Å²) in [5, 5.41) is 13.7. The fourth-order valence-corrected chi connectivity index (χ4v) is 3.20. The molecule has 0 unspecified atom stereocenters. The topological polar surface area (TPSA) is 78.7 Å². The lowest BCUT2D eigenvalue weighted by Gasteiger charge is -2.36. The number of hydrogen-bond acceptors (Lipinski definition) is 4. The molecule has 3 rings (SSSR count). The molecule has 1 fully saturated rings. The number of rotatable bonds is 3. The third kappa shape index (κ3) is 4.11. The number of urea groups is 1. The zero-order valence-electron chi connectivity index (χ0n) is 14.9. The van der Waals surface area contributed by atoms with E-state index in [1.54, 1.807) is 17.0 Å². The van der Waals surface area contributed by atoms with Crippen LogP contribution in [0.4, 0.5) is 21.9 Å². The second kappa shape index (κ2) is 7.43. The Kier molecular flexibility index (Phi) is 5.06. The molecule has 26 heavy (non-hydrogen) atoms. The molecule has 0 aromatic heterocycles. The molecule has 0 spiro atoms. The Labute approximate surface area is 152 Å². The van der Waals surface area contributed by atoms with Crippen LogP contribution in [-0.2, 0) is 0 Å². The van der Waals surface area contributed by atoms with Crippen LogP contribution in [-0.4, -0.2) is 42.0 Å². The summed E-state index contributed by atoms with van der Waals surface area (Å²) in [6, 6.07) is 12.4. The van der Waals surface area contributed by atoms with Crippen molar-refractivity contribution in [1.82, 2.24) is 4.90 Å². The summed E-state index contributed by atoms with van der Waals surface area (Å²) in [7, 11) is 0. The lowest BCUT2D eigenvalue weighted by Crippen LogP contribution is -2.50. The Balaban J connectivity index is 1.57. The lowest BCUT2D eigenvalue weighted by atomic mass is 10.1. The molecule has 1 N–H and O–H groups in total. The van der Waals surface area contributed by atoms with E-state index >= 15 is 0 Å². The predicted octanol–water partition coefficient (Wildman–Crippen LogP) is 3.57. The van der Waals surface area contributed by atoms with Crippen LogP contribution in [0.25, 0.3) is 0 Å². The van der Waals surface area contributed by atoms with Crippen molar-refractivity contribution in [3.63, 3.8) is 0 Å². The summed E-state index contributed by atoms with van der Waals surface area (Å²) in [5.74, 6) is 0. The number of nitrogens with zero attached hydrogens (tertiary/aromatic N) is 3. The van der Waals surface area contributed by atoms with Crippen molar-refractivity contribution in [2.75, 3.05) is 36.4 Å². The fraction of sp³-hybridized carbons (Fsp3) is 0.316. The van der Waals surface area contributed by atoms with Gasteiger partial charge in [-0.1, -0.05) is 6.07 Å². The van der Waals surface area contributed by atoms with Crippen molar-refractivity contribution in [3.8, 4) is 0 Å². The molecule has 136 valence electrons. The van der Waals surface area contributed by atoms with Crippen LogP contribution in [0.15, 0.2) is 42.5 Å². The number of non-ortho nitro benzene ring substituents is 1. The van der Waals surface area contributed by atoms with Crippen molar-refractivity contribution < 1.29 is 9.72 Å². The number of amides is 2. The first kappa shape index (κ1) is 17.7. The smallest absolute Gasteiger partial charge is 0.321 e. The van der Waals surface area contributed by atoms with E-state index in [-0.39, 0.29) is 11.7 Å². The molecule has 0 bridgehead atoms. The summed E-state index contributed by atoms with van der Waals surface area (Å²) in [6.07, 6.45) is 0. The Hall–Kier alpha value is -3.09. The van der Waals surface area contributed by atoms with E-state index in [1.807, 2.05) is 26.0 Å². The van der Waals surface area contributed by atoms with Crippen LogP contribution in [0.5, 0.6) is 0 Å². The van der Waals surface area contributed by atoms with E-state index in [2.05, 4.69) is 16.3 Å². The highest BCUT2D eigenvalue weighted by molar-refractivity contribution is 5.89. The number of nitrogens with one attached hydrogen (secondary N) is 1. The molecule has 7 heteroatoms. The first-order valence-electron chi connectivity index (χ1n) is 8.56. The molecule has 2 aromatic carbocycles. The van der Waals surface area contributed by atoms with Gasteiger partial charge in [0.05, 0.1) is 4.92 Å². The van der Waals surface area contributed by atoms with Gasteiger partial charge in [0.15, 0.2) is 0 Å². The van der Waals surface area contributed by atoms with Gasteiger partial charge in [0, 0.05) is 49.7 Å². The van der Waals surface area contributed by atoms with Gasteiger partial charge in [-0.05, 0) is 49.2 Å². The number of hydrogen-bond donors (Lipinski definition) is 1. The van der Waals surface area contributed by atoms with Gasteiger partial charge in [-0.15, -0.1) is 0 Å². The number of carbonyl (C=O) groups is 1. The number of piperazine rings is 1. The minimum absolute atomic E-state index is 0.0835. The highest BCUT2D eigenvalue weighted by Crippen LogP contribution is 2.21. The van der Waals surface area contributed by atoms with E-state index in [9.17, 15) is 14.9 Å². The monoisotopic (exact) mass is 354 g/mol. The number of nitro groups is 1. The number of anilines is 2. The standard InChI is InChI=1S/C19H22N4O3/c1-14-11-15(2)13-16(12-14)20-19(24)22-9-7-21(8-10-22)17-3-5-18(6-4-17)23(25)26/h3-6,11-13H,7-10H2,1-2H3,(H,20,24). The molecule has 1 aliphatic heterocycles. The van der Waals surface area contributed by atoms with E-state index < -0.39 is 4.92 Å². The first-order valence-corrected chi connectivity index (χ1v) is 8.56. The average Bonchev–Trinajstić information content (AvgIpc) is 2.61. The Morgan fingerprint density at radius 2 is 1.58 bits per heavy atom. The largest absolute Gasteiger partial charge is 0.368 e. The Morgan fingerprint density at radius 1 is 1.00 bits per heavy atom. The van der Waals surface area contributed by atoms with Gasteiger partial charge in [0.2, 0.25) is 0 Å². The van der Waals surface area contributed by atoms with Crippen LogP contribution >= 0.6 is 0 Å². The van der Waals surface area contributed by atoms with Crippen molar-refractivity contribution >= 4 is 23.1 Å². The maximum atomic E-state index is 12.5. The van der Waals surface area contributed by atoms with Gasteiger partial charge in [-0.2, -0.15) is 0 Å². The van der Waals surface area contributed by atoms with Gasteiger partial charge in [-0.25, -0.2) is 4.79 Å². The van der Waals surface area contributed by atoms with Crippen LogP contribution in [0.3, 0.4) is 0 Å². The molecule has 7 nitrogen and oxygen atoms in total. The molecular weight excluding hydrogens is 332 g/mol. The summed E-state index contributed by atoms with van der Waals surface area (Å²) in [6.45, 7) is 6.61. The summed E-state index contributed by atoms with van der Waals surface area (Å²) in [5.41, 5.74) is 4.06. The molecule has 0 saturated carbocycles.